The molecule has 0 radical (unpaired) electrons. The standard InChI is InChI=1S/C38H43FN6O3/c1-38(2,3)20-48-31-13-10-22(14-26(31)39)27-11-8-23-16-30(44(35(23)41-27)18-21-6-7-21)36-42-28-15-25(17-32(47-5)34(28)43(36)4)37(46)45-19-24-9-12-29(45)33(24)40/h8,10-11,13-17,21,24,29,33H,6-7,9,12,18-20,40H2,1-5H3/t24?,29?,33-/m1/s1. The number of methoxy groups -OCH3 is 1. The Hall–Kier alpha value is -4.44. The van der Waals surface area contributed by atoms with E-state index in [1.165, 1.54) is 18.9 Å². The Morgan fingerprint density at radius 1 is 1.02 bits per heavy atom. The van der Waals surface area contributed by atoms with Gasteiger partial charge >= 0.3 is 0 Å². The van der Waals surface area contributed by atoms with Gasteiger partial charge in [0.15, 0.2) is 17.4 Å². The van der Waals surface area contributed by atoms with E-state index in [4.69, 9.17) is 25.2 Å². The predicted octanol–water partition coefficient (Wildman–Crippen LogP) is 6.80. The summed E-state index contributed by atoms with van der Waals surface area (Å²) in [5.74, 6) is 2.13. The van der Waals surface area contributed by atoms with Crippen LogP contribution in [0.15, 0.2) is 48.5 Å². The normalized spacial score (nSPS) is 20.7. The van der Waals surface area contributed by atoms with Crippen molar-refractivity contribution in [3.63, 3.8) is 0 Å². The van der Waals surface area contributed by atoms with E-state index in [1.807, 2.05) is 46.8 Å². The minimum atomic E-state index is -0.403. The van der Waals surface area contributed by atoms with E-state index in [2.05, 4.69) is 31.4 Å². The first-order valence-corrected chi connectivity index (χ1v) is 17.0. The van der Waals surface area contributed by atoms with Crippen LogP contribution in [-0.4, -0.2) is 62.3 Å². The summed E-state index contributed by atoms with van der Waals surface area (Å²) in [4.78, 5) is 25.9. The van der Waals surface area contributed by atoms with Gasteiger partial charge in [-0.2, -0.15) is 0 Å². The number of pyridine rings is 1. The maximum atomic E-state index is 15.1. The van der Waals surface area contributed by atoms with E-state index in [0.717, 1.165) is 47.5 Å². The molecule has 8 rings (SSSR count). The van der Waals surface area contributed by atoms with Gasteiger partial charge in [0.05, 0.1) is 30.6 Å². The Morgan fingerprint density at radius 2 is 1.83 bits per heavy atom. The van der Waals surface area contributed by atoms with Crippen LogP contribution in [0, 0.1) is 23.1 Å². The third-order valence-electron chi connectivity index (χ3n) is 10.3. The summed E-state index contributed by atoms with van der Waals surface area (Å²) >= 11 is 0. The maximum absolute atomic E-state index is 15.1. The van der Waals surface area contributed by atoms with Crippen molar-refractivity contribution in [1.29, 1.82) is 0 Å². The second kappa shape index (κ2) is 11.3. The first-order chi connectivity index (χ1) is 23.0. The number of imidazole rings is 1. The summed E-state index contributed by atoms with van der Waals surface area (Å²) < 4.78 is 31.0. The number of amides is 1. The number of benzene rings is 2. The van der Waals surface area contributed by atoms with Crippen LogP contribution >= 0.6 is 0 Å². The third kappa shape index (κ3) is 5.30. The molecule has 3 aliphatic rings. The minimum absolute atomic E-state index is 0.0186. The molecular formula is C38H43FN6O3. The van der Waals surface area contributed by atoms with Crippen LogP contribution in [-0.2, 0) is 13.6 Å². The highest BCUT2D eigenvalue weighted by atomic mass is 19.1. The molecule has 1 aliphatic heterocycles. The fraction of sp³-hybridized carbons (Fsp3) is 0.447. The topological polar surface area (TPSA) is 100 Å². The summed E-state index contributed by atoms with van der Waals surface area (Å²) in [5.41, 5.74) is 11.6. The second-order valence-electron chi connectivity index (χ2n) is 15.2. The van der Waals surface area contributed by atoms with Crippen LogP contribution < -0.4 is 15.2 Å². The SMILES string of the molecule is COc1cc(C(=O)N2CC3CCC2[C@@H]3N)cc2nc(-c3cc4ccc(-c5ccc(OCC(C)(C)C)c(F)c5)nc4n3CC3CC3)n(C)c12. The van der Waals surface area contributed by atoms with Crippen molar-refractivity contribution < 1.29 is 18.7 Å². The lowest BCUT2D eigenvalue weighted by Gasteiger charge is -2.27. The number of hydrogen-bond acceptors (Lipinski definition) is 6. The molecule has 2 saturated carbocycles. The quantitative estimate of drug-likeness (QED) is 0.198. The molecule has 5 aromatic rings. The third-order valence-corrected chi connectivity index (χ3v) is 10.3. The lowest BCUT2D eigenvalue weighted by molar-refractivity contribution is 0.0700. The Morgan fingerprint density at radius 3 is 2.50 bits per heavy atom. The first-order valence-electron chi connectivity index (χ1n) is 17.0. The van der Waals surface area contributed by atoms with E-state index in [-0.39, 0.29) is 29.2 Å². The van der Waals surface area contributed by atoms with E-state index in [9.17, 15) is 4.79 Å². The Kier molecular flexibility index (Phi) is 7.28. The van der Waals surface area contributed by atoms with Gasteiger partial charge in [0.1, 0.15) is 16.9 Å². The van der Waals surface area contributed by atoms with E-state index in [1.54, 1.807) is 13.2 Å². The molecule has 2 aliphatic carbocycles. The molecule has 10 heteroatoms. The van der Waals surface area contributed by atoms with Crippen LogP contribution in [0.25, 0.3) is 44.8 Å². The van der Waals surface area contributed by atoms with Crippen molar-refractivity contribution >= 4 is 28.0 Å². The first kappa shape index (κ1) is 30.9. The zero-order valence-corrected chi connectivity index (χ0v) is 28.3. The summed E-state index contributed by atoms with van der Waals surface area (Å²) in [6.07, 6.45) is 4.38. The number of halogens is 1. The number of ether oxygens (including phenoxy) is 2. The van der Waals surface area contributed by atoms with Gasteiger partial charge in [-0.15, -0.1) is 0 Å². The van der Waals surface area contributed by atoms with Crippen LogP contribution in [0.2, 0.25) is 0 Å². The fourth-order valence-electron chi connectivity index (χ4n) is 7.55. The molecule has 2 unspecified atom stereocenters. The van der Waals surface area contributed by atoms with Crippen molar-refractivity contribution in [2.45, 2.75) is 65.1 Å². The maximum Gasteiger partial charge on any atom is 0.254 e. The van der Waals surface area contributed by atoms with Crippen molar-refractivity contribution in [2.24, 2.45) is 30.0 Å². The summed E-state index contributed by atoms with van der Waals surface area (Å²) in [7, 11) is 3.61. The van der Waals surface area contributed by atoms with Gasteiger partial charge < -0.3 is 29.2 Å². The van der Waals surface area contributed by atoms with Gasteiger partial charge in [0.25, 0.3) is 5.91 Å². The number of carbonyl (C=O) groups is 1. The average molecular weight is 651 g/mol. The van der Waals surface area contributed by atoms with Crippen LogP contribution in [0.3, 0.4) is 0 Å². The van der Waals surface area contributed by atoms with Crippen molar-refractivity contribution in [3.05, 3.63) is 59.9 Å². The number of likely N-dealkylation sites (tertiary alicyclic amines) is 1. The van der Waals surface area contributed by atoms with Crippen LogP contribution in [0.1, 0.15) is 56.8 Å². The molecule has 2 aromatic carbocycles. The summed E-state index contributed by atoms with van der Waals surface area (Å²) in [6.45, 7) is 8.10. The van der Waals surface area contributed by atoms with Crippen molar-refractivity contribution in [1.82, 2.24) is 24.0 Å². The molecule has 3 atom stereocenters. The van der Waals surface area contributed by atoms with E-state index in [0.29, 0.717) is 53.1 Å². The molecule has 2 N–H and O–H groups in total. The van der Waals surface area contributed by atoms with E-state index >= 15 is 4.39 Å². The Balaban J connectivity index is 1.18. The van der Waals surface area contributed by atoms with E-state index < -0.39 is 5.82 Å². The molecule has 1 saturated heterocycles. The largest absolute Gasteiger partial charge is 0.494 e. The van der Waals surface area contributed by atoms with Crippen molar-refractivity contribution in [3.8, 4) is 34.3 Å². The van der Waals surface area contributed by atoms with Crippen LogP contribution in [0.4, 0.5) is 4.39 Å². The predicted molar refractivity (Wildman–Crippen MR) is 185 cm³/mol. The molecule has 3 fully saturated rings. The summed E-state index contributed by atoms with van der Waals surface area (Å²) in [6, 6.07) is 15.0. The average Bonchev–Trinajstić information content (AvgIpc) is 3.46. The van der Waals surface area contributed by atoms with Gasteiger partial charge in [0.2, 0.25) is 0 Å². The fourth-order valence-corrected chi connectivity index (χ4v) is 7.55. The number of rotatable bonds is 8. The summed E-state index contributed by atoms with van der Waals surface area (Å²) in [5, 5.41) is 0.982. The highest BCUT2D eigenvalue weighted by Gasteiger charge is 2.47. The number of carbonyl (C=O) groups excluding carboxylic acids is 1. The highest BCUT2D eigenvalue weighted by molar-refractivity contribution is 6.00. The molecule has 2 bridgehead atoms. The number of piperidine rings is 1. The smallest absolute Gasteiger partial charge is 0.254 e. The zero-order valence-electron chi connectivity index (χ0n) is 28.3. The molecule has 9 nitrogen and oxygen atoms in total. The van der Waals surface area contributed by atoms with Crippen LogP contribution in [0.5, 0.6) is 11.5 Å². The zero-order chi connectivity index (χ0) is 33.5. The highest BCUT2D eigenvalue weighted by Crippen LogP contribution is 2.40. The molecule has 4 heterocycles. The molecule has 3 aromatic heterocycles. The Bertz CT molecular complexity index is 2070. The Labute approximate surface area is 279 Å². The van der Waals surface area contributed by atoms with Crippen molar-refractivity contribution in [2.75, 3.05) is 20.3 Å². The number of nitrogens with two attached hydrogens (primary N) is 1. The number of nitrogens with zero attached hydrogens (tertiary/aromatic N) is 5. The minimum Gasteiger partial charge on any atom is -0.494 e. The number of fused-ring (bicyclic) bond motifs is 4. The monoisotopic (exact) mass is 650 g/mol. The second-order valence-corrected chi connectivity index (χ2v) is 15.2. The molecular weight excluding hydrogens is 607 g/mol. The molecule has 1 amide bonds. The van der Waals surface area contributed by atoms with Gasteiger partial charge in [0, 0.05) is 48.7 Å². The molecule has 0 spiro atoms. The van der Waals surface area contributed by atoms with Gasteiger partial charge in [-0.05, 0) is 91.5 Å². The van der Waals surface area contributed by atoms with Gasteiger partial charge in [-0.1, -0.05) is 20.8 Å². The number of aromatic nitrogens is 4. The number of aryl methyl sites for hydroxylation is 1. The van der Waals surface area contributed by atoms with Gasteiger partial charge in [-0.3, -0.25) is 4.79 Å². The lowest BCUT2D eigenvalue weighted by atomic mass is 9.99. The molecule has 48 heavy (non-hydrogen) atoms. The number of hydrogen-bond donors (Lipinski definition) is 1. The van der Waals surface area contributed by atoms with Gasteiger partial charge in [-0.25, -0.2) is 14.4 Å². The molecule has 250 valence electrons. The lowest BCUT2D eigenvalue weighted by Crippen LogP contribution is -2.41.